The lowest BCUT2D eigenvalue weighted by Gasteiger charge is -2.06. The van der Waals surface area contributed by atoms with E-state index >= 15 is 0 Å². The van der Waals surface area contributed by atoms with Crippen molar-refractivity contribution in [3.8, 4) is 5.88 Å². The molecule has 0 aliphatic heterocycles. The third-order valence-electron chi connectivity index (χ3n) is 2.88. The predicted molar refractivity (Wildman–Crippen MR) is 80.0 cm³/mol. The van der Waals surface area contributed by atoms with E-state index < -0.39 is 10.0 Å². The number of methoxy groups -OCH3 is 1. The first-order chi connectivity index (χ1) is 9.86. The molecule has 0 aliphatic rings. The highest BCUT2D eigenvalue weighted by Crippen LogP contribution is 2.26. The van der Waals surface area contributed by atoms with Crippen molar-refractivity contribution in [2.24, 2.45) is 12.2 Å². The van der Waals surface area contributed by atoms with Crippen molar-refractivity contribution in [2.75, 3.05) is 12.4 Å². The van der Waals surface area contributed by atoms with Crippen LogP contribution in [0.1, 0.15) is 18.2 Å². The van der Waals surface area contributed by atoms with Gasteiger partial charge in [-0.25, -0.2) is 23.2 Å². The standard InChI is InChI=1S/C11H17N5O3S2/c1-4-8-7(10(19-3)16(2)15-8)5-13-11-14-6-9(20-11)21(12,17)18/h6H,4-5H2,1-3H3,(H,13,14)(H2,12,17,18). The summed E-state index contributed by atoms with van der Waals surface area (Å²) >= 11 is 0.990. The van der Waals surface area contributed by atoms with Gasteiger partial charge in [0.1, 0.15) is 0 Å². The number of primary sulfonamides is 1. The van der Waals surface area contributed by atoms with E-state index in [-0.39, 0.29) is 4.21 Å². The van der Waals surface area contributed by atoms with Gasteiger partial charge in [-0.1, -0.05) is 18.3 Å². The second kappa shape index (κ2) is 6.00. The summed E-state index contributed by atoms with van der Waals surface area (Å²) in [6.07, 6.45) is 2.01. The molecule has 0 atom stereocenters. The van der Waals surface area contributed by atoms with Crippen LogP contribution < -0.4 is 15.2 Å². The minimum absolute atomic E-state index is 0.0267. The zero-order valence-electron chi connectivity index (χ0n) is 12.0. The summed E-state index contributed by atoms with van der Waals surface area (Å²) < 4.78 is 29.5. The van der Waals surface area contributed by atoms with Gasteiger partial charge in [0.25, 0.3) is 0 Å². The monoisotopic (exact) mass is 331 g/mol. The Hall–Kier alpha value is -1.65. The Morgan fingerprint density at radius 2 is 2.24 bits per heavy atom. The number of hydrogen-bond donors (Lipinski definition) is 2. The Morgan fingerprint density at radius 1 is 1.52 bits per heavy atom. The van der Waals surface area contributed by atoms with Crippen molar-refractivity contribution in [3.05, 3.63) is 17.5 Å². The van der Waals surface area contributed by atoms with Crippen molar-refractivity contribution in [1.29, 1.82) is 0 Å². The second-order valence-corrected chi connectivity index (χ2v) is 7.11. The molecule has 21 heavy (non-hydrogen) atoms. The lowest BCUT2D eigenvalue weighted by Crippen LogP contribution is -2.09. The highest BCUT2D eigenvalue weighted by molar-refractivity contribution is 7.91. The van der Waals surface area contributed by atoms with Gasteiger partial charge in [0.05, 0.1) is 24.6 Å². The smallest absolute Gasteiger partial charge is 0.249 e. The van der Waals surface area contributed by atoms with Crippen LogP contribution in [0.4, 0.5) is 5.13 Å². The molecule has 2 heterocycles. The van der Waals surface area contributed by atoms with E-state index in [2.05, 4.69) is 15.4 Å². The molecule has 3 N–H and O–H groups in total. The Morgan fingerprint density at radius 3 is 2.76 bits per heavy atom. The first kappa shape index (κ1) is 15.7. The van der Waals surface area contributed by atoms with Crippen LogP contribution in [0.25, 0.3) is 0 Å². The van der Waals surface area contributed by atoms with Gasteiger partial charge in [-0.2, -0.15) is 5.10 Å². The zero-order chi connectivity index (χ0) is 15.6. The number of nitrogens with one attached hydrogen (secondary N) is 1. The fourth-order valence-electron chi connectivity index (χ4n) is 1.96. The summed E-state index contributed by atoms with van der Waals surface area (Å²) in [5.41, 5.74) is 1.85. The fourth-order valence-corrected chi connectivity index (χ4v) is 3.41. The fraction of sp³-hybridized carbons (Fsp3) is 0.455. The third-order valence-corrected chi connectivity index (χ3v) is 5.24. The molecule has 116 valence electrons. The van der Waals surface area contributed by atoms with E-state index in [1.807, 2.05) is 14.0 Å². The molecule has 0 saturated heterocycles. The number of sulfonamides is 1. The van der Waals surface area contributed by atoms with Crippen LogP contribution in [0.3, 0.4) is 0 Å². The number of hydrogen-bond acceptors (Lipinski definition) is 7. The van der Waals surface area contributed by atoms with Crippen molar-refractivity contribution in [2.45, 2.75) is 24.1 Å². The van der Waals surface area contributed by atoms with Crippen molar-refractivity contribution in [3.63, 3.8) is 0 Å². The van der Waals surface area contributed by atoms with Crippen LogP contribution in [-0.4, -0.2) is 30.3 Å². The summed E-state index contributed by atoms with van der Waals surface area (Å²) in [5.74, 6) is 0.669. The molecule has 0 aromatic carbocycles. The second-order valence-electron chi connectivity index (χ2n) is 4.29. The summed E-state index contributed by atoms with van der Waals surface area (Å²) in [7, 11) is -0.316. The maximum Gasteiger partial charge on any atom is 0.249 e. The topological polar surface area (TPSA) is 112 Å². The van der Waals surface area contributed by atoms with Gasteiger partial charge in [0.2, 0.25) is 15.9 Å². The van der Waals surface area contributed by atoms with E-state index in [0.29, 0.717) is 17.6 Å². The average Bonchev–Trinajstić information content (AvgIpc) is 2.99. The van der Waals surface area contributed by atoms with Gasteiger partial charge in [-0.05, 0) is 6.42 Å². The number of rotatable bonds is 6. The molecule has 2 aromatic rings. The van der Waals surface area contributed by atoms with E-state index in [4.69, 9.17) is 9.88 Å². The molecule has 2 aromatic heterocycles. The molecule has 0 amide bonds. The Labute approximate surface area is 127 Å². The summed E-state index contributed by atoms with van der Waals surface area (Å²) in [4.78, 5) is 4.00. The van der Waals surface area contributed by atoms with E-state index in [1.54, 1.807) is 11.8 Å². The molecule has 0 spiro atoms. The van der Waals surface area contributed by atoms with Crippen LogP contribution in [0.15, 0.2) is 10.4 Å². The van der Waals surface area contributed by atoms with Gasteiger partial charge in [-0.3, -0.25) is 0 Å². The largest absolute Gasteiger partial charge is 0.481 e. The number of thiazole rings is 1. The molecule has 0 radical (unpaired) electrons. The quantitative estimate of drug-likeness (QED) is 0.806. The number of ether oxygens (including phenoxy) is 1. The molecular formula is C11H17N5O3S2. The van der Waals surface area contributed by atoms with Crippen LogP contribution in [0.5, 0.6) is 5.88 Å². The summed E-state index contributed by atoms with van der Waals surface area (Å²) in [6, 6.07) is 0. The lowest BCUT2D eigenvalue weighted by molar-refractivity contribution is 0.370. The maximum atomic E-state index is 11.2. The first-order valence-electron chi connectivity index (χ1n) is 6.18. The number of anilines is 1. The van der Waals surface area contributed by atoms with Crippen LogP contribution in [0, 0.1) is 0 Å². The number of nitrogens with zero attached hydrogens (tertiary/aromatic N) is 3. The summed E-state index contributed by atoms with van der Waals surface area (Å²) in [5, 5.41) is 13.0. The van der Waals surface area contributed by atoms with Crippen molar-refractivity contribution in [1.82, 2.24) is 14.8 Å². The molecule has 0 unspecified atom stereocenters. The van der Waals surface area contributed by atoms with E-state index in [1.165, 1.54) is 6.20 Å². The van der Waals surface area contributed by atoms with Gasteiger partial charge >= 0.3 is 0 Å². The predicted octanol–water partition coefficient (Wildman–Crippen LogP) is 0.707. The number of aryl methyl sites for hydroxylation is 2. The number of aromatic nitrogens is 3. The average molecular weight is 331 g/mol. The normalized spacial score (nSPS) is 11.6. The van der Waals surface area contributed by atoms with Gasteiger partial charge in [-0.15, -0.1) is 0 Å². The Kier molecular flexibility index (Phi) is 4.49. The third kappa shape index (κ3) is 3.34. The molecule has 0 fully saturated rings. The van der Waals surface area contributed by atoms with Gasteiger partial charge in [0.15, 0.2) is 9.34 Å². The Bertz CT molecular complexity index is 735. The number of nitrogens with two attached hydrogens (primary N) is 1. The minimum atomic E-state index is -3.71. The van der Waals surface area contributed by atoms with Crippen LogP contribution >= 0.6 is 11.3 Å². The van der Waals surface area contributed by atoms with Crippen LogP contribution in [0.2, 0.25) is 0 Å². The lowest BCUT2D eigenvalue weighted by atomic mass is 10.2. The SMILES string of the molecule is CCc1nn(C)c(OC)c1CNc1ncc(S(N)(=O)=O)s1. The molecule has 10 heteroatoms. The molecule has 0 aliphatic carbocycles. The van der Waals surface area contributed by atoms with E-state index in [9.17, 15) is 8.42 Å². The highest BCUT2D eigenvalue weighted by atomic mass is 32.2. The Balaban J connectivity index is 2.18. The van der Waals surface area contributed by atoms with Crippen molar-refractivity contribution < 1.29 is 13.2 Å². The highest BCUT2D eigenvalue weighted by Gasteiger charge is 2.17. The molecule has 0 bridgehead atoms. The van der Waals surface area contributed by atoms with E-state index in [0.717, 1.165) is 29.0 Å². The first-order valence-corrected chi connectivity index (χ1v) is 8.54. The summed E-state index contributed by atoms with van der Waals surface area (Å²) in [6.45, 7) is 2.45. The molecule has 8 nitrogen and oxygen atoms in total. The van der Waals surface area contributed by atoms with Crippen molar-refractivity contribution >= 4 is 26.5 Å². The van der Waals surface area contributed by atoms with Crippen LogP contribution in [-0.2, 0) is 30.0 Å². The maximum absolute atomic E-state index is 11.2. The zero-order valence-corrected chi connectivity index (χ0v) is 13.6. The molecule has 0 saturated carbocycles. The minimum Gasteiger partial charge on any atom is -0.481 e. The molecular weight excluding hydrogens is 314 g/mol. The molecule has 2 rings (SSSR count). The van der Waals surface area contributed by atoms with Gasteiger partial charge < -0.3 is 10.1 Å². The van der Waals surface area contributed by atoms with Gasteiger partial charge in [0, 0.05) is 13.6 Å².